The van der Waals surface area contributed by atoms with Gasteiger partial charge in [-0.3, -0.25) is 4.90 Å². The highest BCUT2D eigenvalue weighted by molar-refractivity contribution is 5.79. The van der Waals surface area contributed by atoms with Gasteiger partial charge in [-0.05, 0) is 25.0 Å². The molecule has 1 saturated heterocycles. The molecule has 18 heavy (non-hydrogen) atoms. The first-order valence-corrected chi connectivity index (χ1v) is 6.12. The molecule has 1 aliphatic heterocycles. The number of hydrogen-bond acceptors (Lipinski definition) is 3. The predicted molar refractivity (Wildman–Crippen MR) is 63.4 cm³/mol. The molecule has 0 amide bonds. The average Bonchev–Trinajstić information content (AvgIpc) is 2.74. The van der Waals surface area contributed by atoms with Gasteiger partial charge in [0, 0.05) is 31.1 Å². The Balaban J connectivity index is 1.78. The number of piperidine rings is 1. The summed E-state index contributed by atoms with van der Waals surface area (Å²) in [5.74, 6) is -0.330. The highest BCUT2D eigenvalue weighted by atomic mass is 19.1. The van der Waals surface area contributed by atoms with Crippen LogP contribution in [0.25, 0.3) is 11.0 Å². The number of aromatic nitrogens is 1. The number of rotatable bonds is 2. The van der Waals surface area contributed by atoms with Crippen LogP contribution in [0.3, 0.4) is 0 Å². The molecule has 0 unspecified atom stereocenters. The van der Waals surface area contributed by atoms with Crippen LogP contribution < -0.4 is 0 Å². The van der Waals surface area contributed by atoms with Crippen molar-refractivity contribution in [2.45, 2.75) is 25.6 Å². The van der Waals surface area contributed by atoms with Crippen molar-refractivity contribution in [1.82, 2.24) is 10.1 Å². The van der Waals surface area contributed by atoms with Crippen LogP contribution >= 0.6 is 0 Å². The molecule has 0 radical (unpaired) electrons. The van der Waals surface area contributed by atoms with Crippen molar-refractivity contribution in [1.29, 1.82) is 0 Å². The molecule has 96 valence electrons. The third-order valence-electron chi connectivity index (χ3n) is 3.40. The topological polar surface area (TPSA) is 29.3 Å². The van der Waals surface area contributed by atoms with E-state index in [1.165, 1.54) is 12.1 Å². The minimum absolute atomic E-state index is 0.330. The molecule has 0 saturated carbocycles. The number of halogens is 2. The van der Waals surface area contributed by atoms with Crippen LogP contribution in [0.1, 0.15) is 18.5 Å². The molecule has 3 rings (SSSR count). The van der Waals surface area contributed by atoms with Crippen molar-refractivity contribution in [2.24, 2.45) is 0 Å². The summed E-state index contributed by atoms with van der Waals surface area (Å²) < 4.78 is 31.1. The number of fused-ring (bicyclic) bond motifs is 1. The molecule has 0 atom stereocenters. The summed E-state index contributed by atoms with van der Waals surface area (Å²) in [5.41, 5.74) is 1.26. The molecule has 5 heteroatoms. The summed E-state index contributed by atoms with van der Waals surface area (Å²) in [6.45, 7) is 2.10. The average molecular weight is 252 g/mol. The molecular formula is C13H14F2N2O. The van der Waals surface area contributed by atoms with Gasteiger partial charge in [0.05, 0.1) is 0 Å². The lowest BCUT2D eigenvalue weighted by Crippen LogP contribution is -2.33. The number of nitrogens with zero attached hydrogens (tertiary/aromatic N) is 2. The SMILES string of the molecule is Fc1ccc2c(CN3CCC(F)CC3)noc2c1. The molecule has 0 N–H and O–H groups in total. The smallest absolute Gasteiger partial charge is 0.170 e. The van der Waals surface area contributed by atoms with Crippen molar-refractivity contribution in [3.8, 4) is 0 Å². The Morgan fingerprint density at radius 1 is 1.33 bits per heavy atom. The Morgan fingerprint density at radius 2 is 2.11 bits per heavy atom. The Kier molecular flexibility index (Phi) is 2.99. The zero-order chi connectivity index (χ0) is 12.5. The number of likely N-dealkylation sites (tertiary alicyclic amines) is 1. The second-order valence-electron chi connectivity index (χ2n) is 4.72. The van der Waals surface area contributed by atoms with Crippen molar-refractivity contribution in [3.05, 3.63) is 29.7 Å². The van der Waals surface area contributed by atoms with E-state index in [2.05, 4.69) is 10.1 Å². The van der Waals surface area contributed by atoms with Gasteiger partial charge in [0.15, 0.2) is 5.58 Å². The first-order valence-electron chi connectivity index (χ1n) is 6.12. The Hall–Kier alpha value is -1.49. The van der Waals surface area contributed by atoms with Gasteiger partial charge in [-0.1, -0.05) is 5.16 Å². The van der Waals surface area contributed by atoms with E-state index in [0.29, 0.717) is 25.0 Å². The first kappa shape index (κ1) is 11.6. The standard InChI is InChI=1S/C13H14F2N2O/c14-9-3-5-17(6-4-9)8-12-11-2-1-10(15)7-13(11)18-16-12/h1-2,7,9H,3-6,8H2. The Labute approximate surface area is 103 Å². The van der Waals surface area contributed by atoms with Crippen LogP contribution in [-0.4, -0.2) is 29.3 Å². The number of alkyl halides is 1. The van der Waals surface area contributed by atoms with E-state index >= 15 is 0 Å². The van der Waals surface area contributed by atoms with Gasteiger partial charge in [0.1, 0.15) is 17.7 Å². The predicted octanol–water partition coefficient (Wildman–Crippen LogP) is 2.90. The Bertz CT molecular complexity index is 547. The molecule has 0 bridgehead atoms. The summed E-state index contributed by atoms with van der Waals surface area (Å²) >= 11 is 0. The summed E-state index contributed by atoms with van der Waals surface area (Å²) in [6.07, 6.45) is 0.471. The van der Waals surface area contributed by atoms with E-state index in [0.717, 1.165) is 24.2 Å². The maximum Gasteiger partial charge on any atom is 0.170 e. The zero-order valence-corrected chi connectivity index (χ0v) is 9.90. The van der Waals surface area contributed by atoms with Gasteiger partial charge < -0.3 is 4.52 Å². The van der Waals surface area contributed by atoms with Crippen LogP contribution in [0.5, 0.6) is 0 Å². The third kappa shape index (κ3) is 2.22. The third-order valence-corrected chi connectivity index (χ3v) is 3.40. The van der Waals surface area contributed by atoms with Crippen LogP contribution in [0.2, 0.25) is 0 Å². The number of hydrogen-bond donors (Lipinski definition) is 0. The van der Waals surface area contributed by atoms with Crippen molar-refractivity contribution < 1.29 is 13.3 Å². The summed E-state index contributed by atoms with van der Waals surface area (Å²) in [4.78, 5) is 2.15. The van der Waals surface area contributed by atoms with Crippen molar-refractivity contribution >= 4 is 11.0 Å². The van der Waals surface area contributed by atoms with Gasteiger partial charge in [-0.15, -0.1) is 0 Å². The second-order valence-corrected chi connectivity index (χ2v) is 4.72. The molecule has 0 spiro atoms. The molecule has 3 nitrogen and oxygen atoms in total. The molecule has 1 aromatic heterocycles. The summed E-state index contributed by atoms with van der Waals surface area (Å²) in [6, 6.07) is 4.41. The van der Waals surface area contributed by atoms with Gasteiger partial charge >= 0.3 is 0 Å². The molecule has 1 aliphatic rings. The lowest BCUT2D eigenvalue weighted by atomic mass is 10.1. The molecule has 0 aliphatic carbocycles. The fourth-order valence-corrected chi connectivity index (χ4v) is 2.35. The monoisotopic (exact) mass is 252 g/mol. The van der Waals surface area contributed by atoms with Crippen molar-refractivity contribution in [2.75, 3.05) is 13.1 Å². The molecule has 2 aromatic rings. The summed E-state index contributed by atoms with van der Waals surface area (Å²) in [7, 11) is 0. The van der Waals surface area contributed by atoms with E-state index in [-0.39, 0.29) is 5.82 Å². The molecule has 1 aromatic carbocycles. The molecule has 1 fully saturated rings. The van der Waals surface area contributed by atoms with Crippen LogP contribution in [0.4, 0.5) is 8.78 Å². The Morgan fingerprint density at radius 3 is 2.89 bits per heavy atom. The fourth-order valence-electron chi connectivity index (χ4n) is 2.35. The van der Waals surface area contributed by atoms with E-state index < -0.39 is 6.17 Å². The quantitative estimate of drug-likeness (QED) is 0.823. The maximum absolute atomic E-state index is 13.0. The largest absolute Gasteiger partial charge is 0.356 e. The van der Waals surface area contributed by atoms with Gasteiger partial charge in [-0.25, -0.2) is 8.78 Å². The first-order chi connectivity index (χ1) is 8.72. The maximum atomic E-state index is 13.0. The van der Waals surface area contributed by atoms with Crippen molar-refractivity contribution in [3.63, 3.8) is 0 Å². The zero-order valence-electron chi connectivity index (χ0n) is 9.90. The number of benzene rings is 1. The lowest BCUT2D eigenvalue weighted by Gasteiger charge is -2.27. The summed E-state index contributed by atoms with van der Waals surface area (Å²) in [5, 5.41) is 4.80. The van der Waals surface area contributed by atoms with Crippen LogP contribution in [0.15, 0.2) is 22.7 Å². The minimum Gasteiger partial charge on any atom is -0.356 e. The normalized spacial score (nSPS) is 18.6. The molecule has 2 heterocycles. The van der Waals surface area contributed by atoms with E-state index in [4.69, 9.17) is 4.52 Å². The highest BCUT2D eigenvalue weighted by Crippen LogP contribution is 2.22. The van der Waals surface area contributed by atoms with Gasteiger partial charge in [0.2, 0.25) is 0 Å². The highest BCUT2D eigenvalue weighted by Gasteiger charge is 2.20. The van der Waals surface area contributed by atoms with E-state index in [1.807, 2.05) is 0 Å². The van der Waals surface area contributed by atoms with Crippen LogP contribution in [-0.2, 0) is 6.54 Å². The van der Waals surface area contributed by atoms with E-state index in [9.17, 15) is 8.78 Å². The molecular weight excluding hydrogens is 238 g/mol. The lowest BCUT2D eigenvalue weighted by molar-refractivity contribution is 0.143. The van der Waals surface area contributed by atoms with E-state index in [1.54, 1.807) is 6.07 Å². The van der Waals surface area contributed by atoms with Gasteiger partial charge in [-0.2, -0.15) is 0 Å². The fraction of sp³-hybridized carbons (Fsp3) is 0.462. The minimum atomic E-state index is -0.676. The van der Waals surface area contributed by atoms with Gasteiger partial charge in [0.25, 0.3) is 0 Å². The van der Waals surface area contributed by atoms with Crippen LogP contribution in [0, 0.1) is 5.82 Å². The second kappa shape index (κ2) is 4.65.